The van der Waals surface area contributed by atoms with Crippen LogP contribution in [-0.4, -0.2) is 28.0 Å². The number of nitrogens with one attached hydrogen (secondary N) is 1. The SMILES string of the molecule is C=CCCN(CCC)c1cc(-c2cc(NC(=C)c3ccnc(C(C)(C)F)c3)cnc2C)cnc1CCC. The summed E-state index contributed by atoms with van der Waals surface area (Å²) < 4.78 is 14.4. The molecule has 0 spiro atoms. The summed E-state index contributed by atoms with van der Waals surface area (Å²) in [4.78, 5) is 16.1. The molecule has 0 unspecified atom stereocenters. The van der Waals surface area contributed by atoms with Crippen LogP contribution in [-0.2, 0) is 12.1 Å². The van der Waals surface area contributed by atoms with E-state index in [1.807, 2.05) is 25.3 Å². The molecule has 37 heavy (non-hydrogen) atoms. The second-order valence-electron chi connectivity index (χ2n) is 9.87. The third-order valence-electron chi connectivity index (χ3n) is 6.28. The quantitative estimate of drug-likeness (QED) is 0.241. The highest BCUT2D eigenvalue weighted by atomic mass is 19.1. The molecule has 3 aromatic heterocycles. The number of halogens is 1. The standard InChI is InChI=1S/C31H40FN5/c1-8-11-16-37(15-10-3)29-17-25(20-35-28(29)12-9-2)27-19-26(21-34-23(27)5)36-22(4)24-13-14-33-30(18-24)31(6,7)32/h8,13-14,17-21,36H,1,4,9-12,15-16H2,2-3,5-7H3. The number of pyridine rings is 3. The minimum atomic E-state index is -1.53. The topological polar surface area (TPSA) is 53.9 Å². The number of aryl methyl sites for hydroxylation is 2. The maximum absolute atomic E-state index is 14.4. The van der Waals surface area contributed by atoms with Gasteiger partial charge in [0, 0.05) is 53.6 Å². The predicted molar refractivity (Wildman–Crippen MR) is 155 cm³/mol. The van der Waals surface area contributed by atoms with Crippen LogP contribution in [0.1, 0.15) is 69.6 Å². The summed E-state index contributed by atoms with van der Waals surface area (Å²) in [5.41, 5.74) is 6.35. The second kappa shape index (κ2) is 12.6. The van der Waals surface area contributed by atoms with Gasteiger partial charge in [0.15, 0.2) is 0 Å². The third-order valence-corrected chi connectivity index (χ3v) is 6.28. The number of alkyl halides is 1. The molecule has 1 N–H and O–H groups in total. The molecule has 0 saturated heterocycles. The molecule has 6 heteroatoms. The minimum absolute atomic E-state index is 0.370. The van der Waals surface area contributed by atoms with Crippen LogP contribution < -0.4 is 10.2 Å². The van der Waals surface area contributed by atoms with Crippen molar-refractivity contribution in [3.63, 3.8) is 0 Å². The van der Waals surface area contributed by atoms with Crippen molar-refractivity contribution in [2.24, 2.45) is 0 Å². The molecular formula is C31H40FN5. The maximum Gasteiger partial charge on any atom is 0.147 e. The summed E-state index contributed by atoms with van der Waals surface area (Å²) in [7, 11) is 0. The van der Waals surface area contributed by atoms with Gasteiger partial charge in [-0.25, -0.2) is 4.39 Å². The molecule has 0 aliphatic carbocycles. The molecule has 0 aliphatic heterocycles. The van der Waals surface area contributed by atoms with Crippen molar-refractivity contribution in [2.75, 3.05) is 23.3 Å². The lowest BCUT2D eigenvalue weighted by atomic mass is 10.0. The molecule has 0 saturated carbocycles. The van der Waals surface area contributed by atoms with Gasteiger partial charge in [-0.2, -0.15) is 0 Å². The van der Waals surface area contributed by atoms with Crippen molar-refractivity contribution in [3.8, 4) is 11.1 Å². The van der Waals surface area contributed by atoms with Crippen molar-refractivity contribution in [2.45, 2.75) is 66.0 Å². The van der Waals surface area contributed by atoms with Crippen LogP contribution in [0, 0.1) is 6.92 Å². The zero-order valence-corrected chi connectivity index (χ0v) is 22.9. The average Bonchev–Trinajstić information content (AvgIpc) is 2.88. The fourth-order valence-electron chi connectivity index (χ4n) is 4.29. The first-order valence-corrected chi connectivity index (χ1v) is 13.1. The summed E-state index contributed by atoms with van der Waals surface area (Å²) in [5.74, 6) is 0. The van der Waals surface area contributed by atoms with E-state index in [2.05, 4.69) is 59.3 Å². The van der Waals surface area contributed by atoms with E-state index in [-0.39, 0.29) is 0 Å². The van der Waals surface area contributed by atoms with E-state index in [0.717, 1.165) is 72.5 Å². The Balaban J connectivity index is 1.95. The van der Waals surface area contributed by atoms with Crippen molar-refractivity contribution < 1.29 is 4.39 Å². The molecule has 0 radical (unpaired) electrons. The van der Waals surface area contributed by atoms with Crippen LogP contribution in [0.2, 0.25) is 0 Å². The fourth-order valence-corrected chi connectivity index (χ4v) is 4.29. The molecule has 3 rings (SSSR count). The Kier molecular flexibility index (Phi) is 9.56. The lowest BCUT2D eigenvalue weighted by molar-refractivity contribution is 0.214. The summed E-state index contributed by atoms with van der Waals surface area (Å²) in [5, 5.41) is 3.34. The van der Waals surface area contributed by atoms with Gasteiger partial charge in [0.05, 0.1) is 29.0 Å². The van der Waals surface area contributed by atoms with Crippen molar-refractivity contribution in [3.05, 3.63) is 84.7 Å². The Morgan fingerprint density at radius 2 is 1.86 bits per heavy atom. The number of aromatic nitrogens is 3. The summed E-state index contributed by atoms with van der Waals surface area (Å²) in [6.45, 7) is 19.4. The van der Waals surface area contributed by atoms with E-state index in [1.165, 1.54) is 19.5 Å². The number of hydrogen-bond acceptors (Lipinski definition) is 5. The van der Waals surface area contributed by atoms with E-state index in [4.69, 9.17) is 4.98 Å². The van der Waals surface area contributed by atoms with Gasteiger partial charge in [0.25, 0.3) is 0 Å². The van der Waals surface area contributed by atoms with Gasteiger partial charge >= 0.3 is 0 Å². The van der Waals surface area contributed by atoms with Crippen LogP contribution in [0.15, 0.2) is 62.1 Å². The van der Waals surface area contributed by atoms with Crippen molar-refractivity contribution >= 4 is 17.1 Å². The molecule has 0 fully saturated rings. The second-order valence-corrected chi connectivity index (χ2v) is 9.87. The first kappa shape index (κ1) is 28.0. The van der Waals surface area contributed by atoms with Crippen molar-refractivity contribution in [1.82, 2.24) is 15.0 Å². The van der Waals surface area contributed by atoms with Crippen LogP contribution in [0.5, 0.6) is 0 Å². The number of nitrogens with zero attached hydrogens (tertiary/aromatic N) is 4. The van der Waals surface area contributed by atoms with Gasteiger partial charge in [0.2, 0.25) is 0 Å². The monoisotopic (exact) mass is 501 g/mol. The largest absolute Gasteiger partial charge is 0.370 e. The fraction of sp³-hybridized carbons (Fsp3) is 0.387. The first-order chi connectivity index (χ1) is 17.7. The molecule has 0 aromatic carbocycles. The zero-order chi connectivity index (χ0) is 27.0. The van der Waals surface area contributed by atoms with Gasteiger partial charge in [0.1, 0.15) is 5.67 Å². The smallest absolute Gasteiger partial charge is 0.147 e. The molecule has 5 nitrogen and oxygen atoms in total. The molecule has 3 heterocycles. The van der Waals surface area contributed by atoms with E-state index < -0.39 is 5.67 Å². The molecule has 0 aliphatic rings. The lowest BCUT2D eigenvalue weighted by Crippen LogP contribution is -2.26. The summed E-state index contributed by atoms with van der Waals surface area (Å²) in [6.07, 6.45) is 11.3. The Hall–Kier alpha value is -3.54. The van der Waals surface area contributed by atoms with Crippen LogP contribution in [0.25, 0.3) is 16.8 Å². The minimum Gasteiger partial charge on any atom is -0.370 e. The Labute approximate surface area is 221 Å². The molecule has 3 aromatic rings. The highest BCUT2D eigenvalue weighted by molar-refractivity contribution is 5.79. The van der Waals surface area contributed by atoms with Crippen LogP contribution in [0.3, 0.4) is 0 Å². The molecule has 0 amide bonds. The van der Waals surface area contributed by atoms with Crippen LogP contribution in [0.4, 0.5) is 15.8 Å². The zero-order valence-electron chi connectivity index (χ0n) is 22.9. The van der Waals surface area contributed by atoms with Gasteiger partial charge in [-0.15, -0.1) is 6.58 Å². The van der Waals surface area contributed by atoms with Gasteiger partial charge in [-0.05, 0) is 64.3 Å². The van der Waals surface area contributed by atoms with E-state index in [9.17, 15) is 4.39 Å². The molecular weight excluding hydrogens is 461 g/mol. The lowest BCUT2D eigenvalue weighted by Gasteiger charge is -2.26. The maximum atomic E-state index is 14.4. The number of anilines is 2. The van der Waals surface area contributed by atoms with E-state index in [1.54, 1.807) is 18.5 Å². The van der Waals surface area contributed by atoms with E-state index >= 15 is 0 Å². The average molecular weight is 502 g/mol. The Bertz CT molecular complexity index is 1230. The molecule has 0 bridgehead atoms. The van der Waals surface area contributed by atoms with Gasteiger partial charge < -0.3 is 10.2 Å². The molecule has 0 atom stereocenters. The summed E-state index contributed by atoms with van der Waals surface area (Å²) in [6, 6.07) is 7.87. The van der Waals surface area contributed by atoms with E-state index in [0.29, 0.717) is 11.4 Å². The highest BCUT2D eigenvalue weighted by Gasteiger charge is 2.21. The molecule has 196 valence electrons. The third kappa shape index (κ3) is 7.25. The highest BCUT2D eigenvalue weighted by Crippen LogP contribution is 2.32. The predicted octanol–water partition coefficient (Wildman–Crippen LogP) is 7.88. The number of hydrogen-bond donors (Lipinski definition) is 1. The van der Waals surface area contributed by atoms with Crippen molar-refractivity contribution in [1.29, 1.82) is 0 Å². The van der Waals surface area contributed by atoms with Gasteiger partial charge in [-0.1, -0.05) is 32.9 Å². The first-order valence-electron chi connectivity index (χ1n) is 13.1. The summed E-state index contributed by atoms with van der Waals surface area (Å²) >= 11 is 0. The number of rotatable bonds is 13. The van der Waals surface area contributed by atoms with Crippen LogP contribution >= 0.6 is 0 Å². The Morgan fingerprint density at radius 3 is 2.54 bits per heavy atom. The normalized spacial score (nSPS) is 11.3. The van der Waals surface area contributed by atoms with Gasteiger partial charge in [-0.3, -0.25) is 15.0 Å². The Morgan fingerprint density at radius 1 is 1.08 bits per heavy atom.